The monoisotopic (exact) mass is 169 g/mol. The summed E-state index contributed by atoms with van der Waals surface area (Å²) in [4.78, 5) is 14.2. The lowest BCUT2D eigenvalue weighted by Crippen LogP contribution is -1.93. The topological polar surface area (TPSA) is 30.0 Å². The summed E-state index contributed by atoms with van der Waals surface area (Å²) >= 11 is 5.62. The van der Waals surface area contributed by atoms with Gasteiger partial charge in [0.05, 0.1) is 0 Å². The average molecular weight is 170 g/mol. The first-order valence-corrected chi connectivity index (χ1v) is 3.68. The molecule has 1 heterocycles. The zero-order valence-corrected chi connectivity index (χ0v) is 6.88. The van der Waals surface area contributed by atoms with Gasteiger partial charge in [0.1, 0.15) is 11.4 Å². The fourth-order valence-electron chi connectivity index (χ4n) is 0.779. The molecule has 0 aromatic carbocycles. The molecule has 0 amide bonds. The molecule has 0 spiro atoms. The van der Waals surface area contributed by atoms with E-state index < -0.39 is 0 Å². The van der Waals surface area contributed by atoms with Crippen molar-refractivity contribution >= 4 is 17.9 Å². The van der Waals surface area contributed by atoms with Crippen LogP contribution in [0.15, 0.2) is 18.3 Å². The van der Waals surface area contributed by atoms with Gasteiger partial charge in [-0.25, -0.2) is 4.98 Å². The van der Waals surface area contributed by atoms with E-state index >= 15 is 0 Å². The van der Waals surface area contributed by atoms with Crippen LogP contribution in [0.2, 0.25) is 5.15 Å². The van der Waals surface area contributed by atoms with E-state index in [-0.39, 0.29) is 5.92 Å². The van der Waals surface area contributed by atoms with Crippen molar-refractivity contribution in [1.29, 1.82) is 0 Å². The fraction of sp³-hybridized carbons (Fsp3) is 0.250. The van der Waals surface area contributed by atoms with E-state index in [0.29, 0.717) is 5.15 Å². The van der Waals surface area contributed by atoms with Gasteiger partial charge < -0.3 is 4.79 Å². The van der Waals surface area contributed by atoms with Gasteiger partial charge in [-0.1, -0.05) is 18.5 Å². The van der Waals surface area contributed by atoms with Gasteiger partial charge in [0.2, 0.25) is 0 Å². The van der Waals surface area contributed by atoms with Crippen molar-refractivity contribution in [2.45, 2.75) is 12.8 Å². The third kappa shape index (κ3) is 2.02. The highest BCUT2D eigenvalue weighted by Crippen LogP contribution is 2.14. The minimum absolute atomic E-state index is 0.101. The highest BCUT2D eigenvalue weighted by Gasteiger charge is 2.02. The Bertz CT molecular complexity index is 262. The van der Waals surface area contributed by atoms with Crippen molar-refractivity contribution in [2.24, 2.45) is 0 Å². The van der Waals surface area contributed by atoms with Gasteiger partial charge in [0.25, 0.3) is 0 Å². The number of aldehydes is 1. The molecule has 1 atom stereocenters. The van der Waals surface area contributed by atoms with Gasteiger partial charge in [-0.2, -0.15) is 0 Å². The lowest BCUT2D eigenvalue weighted by molar-refractivity contribution is -0.108. The van der Waals surface area contributed by atoms with E-state index in [2.05, 4.69) is 4.98 Å². The third-order valence-corrected chi connectivity index (χ3v) is 1.69. The summed E-state index contributed by atoms with van der Waals surface area (Å²) in [5, 5.41) is 0.427. The molecule has 0 aliphatic rings. The van der Waals surface area contributed by atoms with E-state index in [1.165, 1.54) is 0 Å². The normalized spacial score (nSPS) is 12.5. The zero-order valence-electron chi connectivity index (χ0n) is 6.12. The Balaban J connectivity index is 2.95. The second-order valence-corrected chi connectivity index (χ2v) is 2.72. The Labute approximate surface area is 70.2 Å². The third-order valence-electron chi connectivity index (χ3n) is 1.48. The minimum Gasteiger partial charge on any atom is -0.303 e. The number of aromatic nitrogens is 1. The van der Waals surface area contributed by atoms with Crippen LogP contribution < -0.4 is 0 Å². The number of carbonyl (C=O) groups is 1. The van der Waals surface area contributed by atoms with E-state index in [4.69, 9.17) is 11.6 Å². The van der Waals surface area contributed by atoms with E-state index in [1.807, 2.05) is 6.92 Å². The number of halogens is 1. The zero-order chi connectivity index (χ0) is 8.27. The Morgan fingerprint density at radius 3 is 3.00 bits per heavy atom. The second-order valence-electron chi connectivity index (χ2n) is 2.34. The number of pyridine rings is 1. The predicted molar refractivity (Wildman–Crippen MR) is 43.7 cm³/mol. The van der Waals surface area contributed by atoms with Gasteiger partial charge in [-0.05, 0) is 17.7 Å². The van der Waals surface area contributed by atoms with Crippen molar-refractivity contribution in [3.8, 4) is 0 Å². The summed E-state index contributed by atoms with van der Waals surface area (Å²) in [6.45, 7) is 1.82. The summed E-state index contributed by atoms with van der Waals surface area (Å²) in [6.07, 6.45) is 2.48. The molecule has 0 bridgehead atoms. The maximum absolute atomic E-state index is 10.4. The van der Waals surface area contributed by atoms with Crippen molar-refractivity contribution in [3.63, 3.8) is 0 Å². The van der Waals surface area contributed by atoms with Gasteiger partial charge >= 0.3 is 0 Å². The summed E-state index contributed by atoms with van der Waals surface area (Å²) < 4.78 is 0. The van der Waals surface area contributed by atoms with Gasteiger partial charge in [-0.3, -0.25) is 0 Å². The molecular weight excluding hydrogens is 162 g/mol. The van der Waals surface area contributed by atoms with E-state index in [0.717, 1.165) is 11.8 Å². The van der Waals surface area contributed by atoms with Crippen LogP contribution in [-0.4, -0.2) is 11.3 Å². The number of rotatable bonds is 2. The lowest BCUT2D eigenvalue weighted by atomic mass is 10.1. The average Bonchev–Trinajstić information content (AvgIpc) is 2.03. The highest BCUT2D eigenvalue weighted by atomic mass is 35.5. The van der Waals surface area contributed by atoms with Crippen molar-refractivity contribution in [1.82, 2.24) is 4.98 Å². The van der Waals surface area contributed by atoms with Crippen molar-refractivity contribution < 1.29 is 4.79 Å². The molecule has 1 aromatic heterocycles. The van der Waals surface area contributed by atoms with Crippen LogP contribution in [-0.2, 0) is 4.79 Å². The molecule has 0 aliphatic carbocycles. The van der Waals surface area contributed by atoms with Crippen LogP contribution in [0.3, 0.4) is 0 Å². The Hall–Kier alpha value is -0.890. The summed E-state index contributed by atoms with van der Waals surface area (Å²) in [5.74, 6) is -0.101. The summed E-state index contributed by atoms with van der Waals surface area (Å²) in [7, 11) is 0. The molecule has 0 saturated heterocycles. The Morgan fingerprint density at radius 2 is 2.45 bits per heavy atom. The highest BCUT2D eigenvalue weighted by molar-refractivity contribution is 6.29. The van der Waals surface area contributed by atoms with E-state index in [1.54, 1.807) is 18.3 Å². The first kappa shape index (κ1) is 8.21. The van der Waals surface area contributed by atoms with Gasteiger partial charge in [0, 0.05) is 12.1 Å². The van der Waals surface area contributed by atoms with Gasteiger partial charge in [0.15, 0.2) is 0 Å². The molecule has 0 N–H and O–H groups in total. The van der Waals surface area contributed by atoms with E-state index in [9.17, 15) is 4.79 Å². The first-order chi connectivity index (χ1) is 5.24. The molecule has 3 heteroatoms. The van der Waals surface area contributed by atoms with Crippen LogP contribution in [0.5, 0.6) is 0 Å². The number of nitrogens with zero attached hydrogens (tertiary/aromatic N) is 1. The Morgan fingerprint density at radius 1 is 1.73 bits per heavy atom. The van der Waals surface area contributed by atoms with Crippen molar-refractivity contribution in [2.75, 3.05) is 0 Å². The number of hydrogen-bond acceptors (Lipinski definition) is 2. The molecule has 11 heavy (non-hydrogen) atoms. The number of hydrogen-bond donors (Lipinski definition) is 0. The van der Waals surface area contributed by atoms with Crippen LogP contribution >= 0.6 is 11.6 Å². The van der Waals surface area contributed by atoms with Crippen LogP contribution in [0, 0.1) is 0 Å². The quantitative estimate of drug-likeness (QED) is 0.501. The second kappa shape index (κ2) is 3.49. The first-order valence-electron chi connectivity index (χ1n) is 3.31. The van der Waals surface area contributed by atoms with Gasteiger partial charge in [-0.15, -0.1) is 0 Å². The molecule has 0 aliphatic heterocycles. The molecule has 58 valence electrons. The molecule has 1 aromatic rings. The summed E-state index contributed by atoms with van der Waals surface area (Å²) in [5.41, 5.74) is 0.903. The molecule has 0 fully saturated rings. The number of carbonyl (C=O) groups excluding carboxylic acids is 1. The standard InChI is InChI=1S/C8H8ClNO/c1-6(5-11)7-2-3-10-8(9)4-7/h2-6H,1H3. The van der Waals surface area contributed by atoms with Crippen molar-refractivity contribution in [3.05, 3.63) is 29.0 Å². The molecule has 1 rings (SSSR count). The predicted octanol–water partition coefficient (Wildman–Crippen LogP) is 2.04. The molecule has 0 saturated carbocycles. The molecule has 0 radical (unpaired) electrons. The SMILES string of the molecule is CC(C=O)c1ccnc(Cl)c1. The largest absolute Gasteiger partial charge is 0.303 e. The summed E-state index contributed by atoms with van der Waals surface area (Å²) in [6, 6.07) is 3.48. The maximum Gasteiger partial charge on any atom is 0.129 e. The lowest BCUT2D eigenvalue weighted by Gasteiger charge is -2.01. The van der Waals surface area contributed by atoms with Crippen LogP contribution in [0.4, 0.5) is 0 Å². The molecular formula is C8H8ClNO. The smallest absolute Gasteiger partial charge is 0.129 e. The molecule has 1 unspecified atom stereocenters. The Kier molecular flexibility index (Phi) is 2.60. The fourth-order valence-corrected chi connectivity index (χ4v) is 0.962. The minimum atomic E-state index is -0.101. The maximum atomic E-state index is 10.4. The van der Waals surface area contributed by atoms with Crippen LogP contribution in [0.1, 0.15) is 18.4 Å². The van der Waals surface area contributed by atoms with Crippen LogP contribution in [0.25, 0.3) is 0 Å². The molecule has 2 nitrogen and oxygen atoms in total.